The van der Waals surface area contributed by atoms with Crippen LogP contribution in [0.2, 0.25) is 0 Å². The van der Waals surface area contributed by atoms with Crippen molar-refractivity contribution in [1.82, 2.24) is 0 Å². The number of carbonyl (C=O) groups is 1. The predicted octanol–water partition coefficient (Wildman–Crippen LogP) is 3.33. The van der Waals surface area contributed by atoms with Gasteiger partial charge in [0.1, 0.15) is 6.10 Å². The minimum Gasteiger partial charge on any atom is -0.459 e. The zero-order chi connectivity index (χ0) is 14.4. The van der Waals surface area contributed by atoms with Crippen LogP contribution in [0, 0.1) is 17.3 Å². The van der Waals surface area contributed by atoms with Crippen LogP contribution in [0.25, 0.3) is 0 Å². The Kier molecular flexibility index (Phi) is 3.54. The third-order valence-electron chi connectivity index (χ3n) is 5.16. The van der Waals surface area contributed by atoms with Crippen molar-refractivity contribution < 1.29 is 14.3 Å². The van der Waals surface area contributed by atoms with Gasteiger partial charge in [0, 0.05) is 12.8 Å². The molecule has 1 saturated heterocycles. The van der Waals surface area contributed by atoms with Gasteiger partial charge in [0.15, 0.2) is 0 Å². The first-order valence-corrected chi connectivity index (χ1v) is 7.21. The van der Waals surface area contributed by atoms with Gasteiger partial charge < -0.3 is 9.47 Å². The van der Waals surface area contributed by atoms with E-state index in [1.54, 1.807) is 0 Å². The molecule has 1 aliphatic heterocycles. The molecule has 2 rings (SSSR count). The van der Waals surface area contributed by atoms with E-state index in [-0.39, 0.29) is 23.1 Å². The fraction of sp³-hybridized carbons (Fsp3) is 0.812. The van der Waals surface area contributed by atoms with E-state index in [1.165, 1.54) is 6.92 Å². The molecule has 0 aromatic rings. The molecule has 108 valence electrons. The van der Waals surface area contributed by atoms with Crippen LogP contribution in [-0.4, -0.2) is 23.8 Å². The van der Waals surface area contributed by atoms with Crippen LogP contribution in [-0.2, 0) is 14.3 Å². The maximum atomic E-state index is 10.9. The number of hydrogen-bond donors (Lipinski definition) is 0. The lowest BCUT2D eigenvalue weighted by molar-refractivity contribution is -0.143. The second-order valence-corrected chi connectivity index (χ2v) is 6.93. The highest BCUT2D eigenvalue weighted by Gasteiger charge is 2.65. The topological polar surface area (TPSA) is 38.8 Å². The molecule has 3 heteroatoms. The van der Waals surface area contributed by atoms with Crippen LogP contribution in [0.1, 0.15) is 48.0 Å². The van der Waals surface area contributed by atoms with Crippen LogP contribution in [0.5, 0.6) is 0 Å². The molecule has 1 heterocycles. The average molecular weight is 266 g/mol. The number of carbonyl (C=O) groups excluding carboxylic acids is 1. The summed E-state index contributed by atoms with van der Waals surface area (Å²) >= 11 is 0. The number of epoxide rings is 1. The van der Waals surface area contributed by atoms with Crippen LogP contribution in [0.4, 0.5) is 0 Å². The Hall–Kier alpha value is -0.830. The van der Waals surface area contributed by atoms with Gasteiger partial charge >= 0.3 is 5.97 Å². The Bertz CT molecular complexity index is 399. The minimum atomic E-state index is -0.236. The maximum absolute atomic E-state index is 10.9. The van der Waals surface area contributed by atoms with Gasteiger partial charge in [-0.15, -0.1) is 0 Å². The summed E-state index contributed by atoms with van der Waals surface area (Å²) in [7, 11) is 0. The maximum Gasteiger partial charge on any atom is 0.303 e. The second kappa shape index (κ2) is 4.62. The Balaban J connectivity index is 2.12. The molecule has 0 aromatic carbocycles. The third-order valence-corrected chi connectivity index (χ3v) is 5.16. The molecule has 0 spiro atoms. The zero-order valence-corrected chi connectivity index (χ0v) is 12.9. The Morgan fingerprint density at radius 3 is 2.63 bits per heavy atom. The molecule has 3 nitrogen and oxygen atoms in total. The van der Waals surface area contributed by atoms with Gasteiger partial charge in [0.05, 0.1) is 11.7 Å². The van der Waals surface area contributed by atoms with Crippen LogP contribution in [0.3, 0.4) is 0 Å². The molecule has 0 aromatic heterocycles. The van der Waals surface area contributed by atoms with E-state index in [1.807, 2.05) is 13.0 Å². The van der Waals surface area contributed by atoms with E-state index >= 15 is 0 Å². The summed E-state index contributed by atoms with van der Waals surface area (Å²) in [4.78, 5) is 10.9. The summed E-state index contributed by atoms with van der Waals surface area (Å²) < 4.78 is 11.1. The summed E-state index contributed by atoms with van der Waals surface area (Å²) in [5.74, 6) is 0.763. The van der Waals surface area contributed by atoms with Crippen LogP contribution in [0.15, 0.2) is 12.2 Å². The fourth-order valence-electron chi connectivity index (χ4n) is 3.51. The van der Waals surface area contributed by atoms with Gasteiger partial charge in [0.2, 0.25) is 0 Å². The van der Waals surface area contributed by atoms with Gasteiger partial charge in [-0.2, -0.15) is 0 Å². The molecule has 2 aliphatic rings. The summed E-state index contributed by atoms with van der Waals surface area (Å²) in [5.41, 5.74) is 0.177. The van der Waals surface area contributed by atoms with Gasteiger partial charge in [-0.1, -0.05) is 26.8 Å². The highest BCUT2D eigenvalue weighted by molar-refractivity contribution is 5.66. The molecule has 1 saturated carbocycles. The number of rotatable bonds is 3. The Morgan fingerprint density at radius 2 is 2.05 bits per heavy atom. The molecular formula is C16H26O3. The van der Waals surface area contributed by atoms with Crippen molar-refractivity contribution in [3.05, 3.63) is 12.2 Å². The van der Waals surface area contributed by atoms with Gasteiger partial charge in [-0.3, -0.25) is 4.79 Å². The van der Waals surface area contributed by atoms with Gasteiger partial charge in [-0.25, -0.2) is 0 Å². The second-order valence-electron chi connectivity index (χ2n) is 6.93. The van der Waals surface area contributed by atoms with Crippen molar-refractivity contribution >= 4 is 5.97 Å². The first-order valence-electron chi connectivity index (χ1n) is 7.21. The van der Waals surface area contributed by atoms with E-state index in [2.05, 4.69) is 33.8 Å². The molecule has 0 bridgehead atoms. The van der Waals surface area contributed by atoms with E-state index < -0.39 is 0 Å². The largest absolute Gasteiger partial charge is 0.459 e. The summed E-state index contributed by atoms with van der Waals surface area (Å²) in [6.07, 6.45) is 5.56. The van der Waals surface area contributed by atoms with E-state index in [0.29, 0.717) is 17.9 Å². The van der Waals surface area contributed by atoms with Crippen LogP contribution < -0.4 is 0 Å². The molecule has 1 aliphatic carbocycles. The Morgan fingerprint density at radius 1 is 1.42 bits per heavy atom. The molecule has 19 heavy (non-hydrogen) atoms. The Labute approximate surface area is 116 Å². The van der Waals surface area contributed by atoms with E-state index in [0.717, 1.165) is 6.42 Å². The molecule has 0 unspecified atom stereocenters. The predicted molar refractivity (Wildman–Crippen MR) is 74.7 cm³/mol. The first-order chi connectivity index (χ1) is 8.68. The summed E-state index contributed by atoms with van der Waals surface area (Å²) in [5, 5.41) is 0. The van der Waals surface area contributed by atoms with Gasteiger partial charge in [-0.05, 0) is 37.7 Å². The SMILES string of the molecule is CC(=O)O[C@H](C)/C=C/[C@H]1C(C)(C)[C@H](C)C[C@H]2O[C@]21C. The van der Waals surface area contributed by atoms with E-state index in [4.69, 9.17) is 9.47 Å². The monoisotopic (exact) mass is 266 g/mol. The zero-order valence-electron chi connectivity index (χ0n) is 12.9. The molecule has 5 atom stereocenters. The quantitative estimate of drug-likeness (QED) is 0.447. The normalized spacial score (nSPS) is 41.7. The van der Waals surface area contributed by atoms with Gasteiger partial charge in [0.25, 0.3) is 0 Å². The number of ether oxygens (including phenoxy) is 2. The van der Waals surface area contributed by atoms with Crippen molar-refractivity contribution in [2.45, 2.75) is 65.8 Å². The van der Waals surface area contributed by atoms with Crippen molar-refractivity contribution in [3.8, 4) is 0 Å². The van der Waals surface area contributed by atoms with Crippen molar-refractivity contribution in [2.24, 2.45) is 17.3 Å². The lowest BCUT2D eigenvalue weighted by Crippen LogP contribution is -2.44. The van der Waals surface area contributed by atoms with Crippen molar-refractivity contribution in [1.29, 1.82) is 0 Å². The van der Waals surface area contributed by atoms with E-state index in [9.17, 15) is 4.79 Å². The standard InChI is InChI=1S/C16H26O3/c1-10-9-14-16(6,19-14)13(15(10,4)5)8-7-11(2)18-12(3)17/h7-8,10-11,13-14H,9H2,1-6H3/b8-7+/t10-,11-,13+,14-,16+/m1/s1. The van der Waals surface area contributed by atoms with Crippen molar-refractivity contribution in [3.63, 3.8) is 0 Å². The molecule has 2 fully saturated rings. The molecule has 0 N–H and O–H groups in total. The number of hydrogen-bond acceptors (Lipinski definition) is 3. The fourth-order valence-corrected chi connectivity index (χ4v) is 3.51. The lowest BCUT2D eigenvalue weighted by Gasteiger charge is -2.43. The third kappa shape index (κ3) is 2.58. The van der Waals surface area contributed by atoms with Crippen LogP contribution >= 0.6 is 0 Å². The highest BCUT2D eigenvalue weighted by Crippen LogP contribution is 2.60. The average Bonchev–Trinajstić information content (AvgIpc) is 2.87. The van der Waals surface area contributed by atoms with Crippen molar-refractivity contribution in [2.75, 3.05) is 0 Å². The number of fused-ring (bicyclic) bond motifs is 1. The smallest absolute Gasteiger partial charge is 0.303 e. The summed E-state index contributed by atoms with van der Waals surface area (Å²) in [6.45, 7) is 12.5. The molecule has 0 amide bonds. The molecular weight excluding hydrogens is 240 g/mol. The molecule has 0 radical (unpaired) electrons. The minimum absolute atomic E-state index is 0.0253. The number of esters is 1. The summed E-state index contributed by atoms with van der Waals surface area (Å²) in [6, 6.07) is 0. The first kappa shape index (κ1) is 14.6. The highest BCUT2D eigenvalue weighted by atomic mass is 16.6. The lowest BCUT2D eigenvalue weighted by atomic mass is 9.59.